The van der Waals surface area contributed by atoms with Gasteiger partial charge >= 0.3 is 0 Å². The average Bonchev–Trinajstić information content (AvgIpc) is 3.02. The molecule has 1 fully saturated rings. The molecule has 5 heteroatoms. The highest BCUT2D eigenvalue weighted by Crippen LogP contribution is 2.32. The van der Waals surface area contributed by atoms with Crippen molar-refractivity contribution in [2.75, 3.05) is 6.54 Å². The highest BCUT2D eigenvalue weighted by atomic mass is 32.1. The Labute approximate surface area is 105 Å². The molecular formula is C12H16N4S. The van der Waals surface area contributed by atoms with Crippen LogP contribution in [-0.2, 0) is 6.54 Å². The van der Waals surface area contributed by atoms with Gasteiger partial charge in [0.25, 0.3) is 0 Å². The number of nitrogens with zero attached hydrogens (tertiary/aromatic N) is 3. The molecule has 1 N–H and O–H groups in total. The number of aryl methyl sites for hydroxylation is 1. The second-order valence-corrected chi connectivity index (χ2v) is 5.44. The Bertz CT molecular complexity index is 476. The predicted octanol–water partition coefficient (Wildman–Crippen LogP) is 2.51. The van der Waals surface area contributed by atoms with Crippen LogP contribution in [0.3, 0.4) is 0 Å². The molecule has 2 aromatic rings. The Morgan fingerprint density at radius 3 is 3.24 bits per heavy atom. The third kappa shape index (κ3) is 2.12. The van der Waals surface area contributed by atoms with Gasteiger partial charge in [0, 0.05) is 17.6 Å². The molecule has 0 spiro atoms. The lowest BCUT2D eigenvalue weighted by Crippen LogP contribution is -2.22. The zero-order valence-corrected chi connectivity index (χ0v) is 10.7. The minimum atomic E-state index is 0.499. The maximum Gasteiger partial charge on any atom is 0.0798 e. The third-order valence-corrected chi connectivity index (χ3v) is 4.36. The summed E-state index contributed by atoms with van der Waals surface area (Å²) in [4.78, 5) is 8.23. The molecule has 0 aromatic carbocycles. The third-order valence-electron chi connectivity index (χ3n) is 3.44. The molecule has 3 rings (SSSR count). The van der Waals surface area contributed by atoms with Gasteiger partial charge in [-0.3, -0.25) is 10.00 Å². The molecule has 1 saturated heterocycles. The summed E-state index contributed by atoms with van der Waals surface area (Å²) in [6, 6.07) is 2.58. The number of hydrogen-bond donors (Lipinski definition) is 1. The smallest absolute Gasteiger partial charge is 0.0798 e. The molecule has 1 aliphatic rings. The Morgan fingerprint density at radius 2 is 2.53 bits per heavy atom. The summed E-state index contributed by atoms with van der Waals surface area (Å²) in [7, 11) is 0. The topological polar surface area (TPSA) is 44.8 Å². The van der Waals surface area contributed by atoms with Gasteiger partial charge in [-0.2, -0.15) is 5.10 Å². The normalized spacial score (nSPS) is 21.1. The second-order valence-electron chi connectivity index (χ2n) is 4.50. The van der Waals surface area contributed by atoms with Crippen LogP contribution in [-0.4, -0.2) is 26.6 Å². The number of aromatic amines is 1. The Hall–Kier alpha value is -1.20. The first-order valence-corrected chi connectivity index (χ1v) is 6.85. The summed E-state index contributed by atoms with van der Waals surface area (Å²) in [6.45, 7) is 4.27. The first-order valence-electron chi connectivity index (χ1n) is 5.97. The van der Waals surface area contributed by atoms with E-state index < -0.39 is 0 Å². The van der Waals surface area contributed by atoms with E-state index in [4.69, 9.17) is 0 Å². The molecule has 4 nitrogen and oxygen atoms in total. The van der Waals surface area contributed by atoms with Crippen LogP contribution >= 0.6 is 11.3 Å². The maximum absolute atomic E-state index is 4.32. The van der Waals surface area contributed by atoms with Crippen molar-refractivity contribution in [1.29, 1.82) is 0 Å². The molecule has 2 aromatic heterocycles. The van der Waals surface area contributed by atoms with Gasteiger partial charge in [0.05, 0.1) is 22.9 Å². The Kier molecular flexibility index (Phi) is 2.94. The SMILES string of the molecule is Cc1ncsc1CN1CCCC1c1ccn[nH]1. The zero-order chi connectivity index (χ0) is 11.7. The summed E-state index contributed by atoms with van der Waals surface area (Å²) in [6.07, 6.45) is 4.32. The fraction of sp³-hybridized carbons (Fsp3) is 0.500. The monoisotopic (exact) mass is 248 g/mol. The minimum Gasteiger partial charge on any atom is -0.290 e. The van der Waals surface area contributed by atoms with Gasteiger partial charge in [0.15, 0.2) is 0 Å². The largest absolute Gasteiger partial charge is 0.290 e. The molecule has 1 aliphatic heterocycles. The average molecular weight is 248 g/mol. The van der Waals surface area contributed by atoms with Crippen LogP contribution in [0, 0.1) is 6.92 Å². The van der Waals surface area contributed by atoms with E-state index in [-0.39, 0.29) is 0 Å². The number of thiazole rings is 1. The van der Waals surface area contributed by atoms with Crippen molar-refractivity contribution in [2.45, 2.75) is 32.4 Å². The zero-order valence-electron chi connectivity index (χ0n) is 9.89. The lowest BCUT2D eigenvalue weighted by atomic mass is 10.1. The van der Waals surface area contributed by atoms with Gasteiger partial charge in [-0.25, -0.2) is 4.98 Å². The molecule has 17 heavy (non-hydrogen) atoms. The van der Waals surface area contributed by atoms with Crippen LogP contribution in [0.2, 0.25) is 0 Å². The number of nitrogens with one attached hydrogen (secondary N) is 1. The standard InChI is InChI=1S/C12H16N4S/c1-9-12(17-8-13-9)7-16-6-2-3-11(16)10-4-5-14-15-10/h4-5,8,11H,2-3,6-7H2,1H3,(H,14,15). The van der Waals surface area contributed by atoms with Crippen molar-refractivity contribution < 1.29 is 0 Å². The quantitative estimate of drug-likeness (QED) is 0.907. The molecule has 0 radical (unpaired) electrons. The highest BCUT2D eigenvalue weighted by molar-refractivity contribution is 7.09. The molecule has 0 bridgehead atoms. The maximum atomic E-state index is 4.32. The van der Waals surface area contributed by atoms with Gasteiger partial charge in [-0.15, -0.1) is 11.3 Å². The Balaban J connectivity index is 1.77. The minimum absolute atomic E-state index is 0.499. The lowest BCUT2D eigenvalue weighted by molar-refractivity contribution is 0.246. The fourth-order valence-electron chi connectivity index (χ4n) is 2.48. The van der Waals surface area contributed by atoms with E-state index in [1.807, 2.05) is 11.7 Å². The second kappa shape index (κ2) is 4.58. The van der Waals surface area contributed by atoms with Gasteiger partial charge in [-0.1, -0.05) is 0 Å². The molecule has 3 heterocycles. The van der Waals surface area contributed by atoms with Crippen LogP contribution in [0.4, 0.5) is 0 Å². The van der Waals surface area contributed by atoms with Gasteiger partial charge < -0.3 is 0 Å². The molecular weight excluding hydrogens is 232 g/mol. The van der Waals surface area contributed by atoms with E-state index in [9.17, 15) is 0 Å². The number of hydrogen-bond acceptors (Lipinski definition) is 4. The van der Waals surface area contributed by atoms with Crippen LogP contribution in [0.15, 0.2) is 17.8 Å². The van der Waals surface area contributed by atoms with Crippen LogP contribution < -0.4 is 0 Å². The van der Waals surface area contributed by atoms with Crippen LogP contribution in [0.5, 0.6) is 0 Å². The van der Waals surface area contributed by atoms with Crippen molar-refractivity contribution in [2.24, 2.45) is 0 Å². The Morgan fingerprint density at radius 1 is 1.59 bits per heavy atom. The van der Waals surface area contributed by atoms with E-state index >= 15 is 0 Å². The van der Waals surface area contributed by atoms with Gasteiger partial charge in [0.1, 0.15) is 0 Å². The van der Waals surface area contributed by atoms with Gasteiger partial charge in [0.2, 0.25) is 0 Å². The summed E-state index contributed by atoms with van der Waals surface area (Å²) in [5.74, 6) is 0. The first-order chi connectivity index (χ1) is 8.34. The summed E-state index contributed by atoms with van der Waals surface area (Å²) in [5, 5.41) is 7.15. The van der Waals surface area contributed by atoms with Crippen molar-refractivity contribution in [3.05, 3.63) is 34.0 Å². The van der Waals surface area contributed by atoms with E-state index in [2.05, 4.69) is 33.1 Å². The van der Waals surface area contributed by atoms with Gasteiger partial charge in [-0.05, 0) is 32.4 Å². The van der Waals surface area contributed by atoms with Crippen molar-refractivity contribution in [3.63, 3.8) is 0 Å². The predicted molar refractivity (Wildman–Crippen MR) is 67.8 cm³/mol. The van der Waals surface area contributed by atoms with Crippen molar-refractivity contribution in [1.82, 2.24) is 20.1 Å². The van der Waals surface area contributed by atoms with E-state index in [0.29, 0.717) is 6.04 Å². The highest BCUT2D eigenvalue weighted by Gasteiger charge is 2.27. The lowest BCUT2D eigenvalue weighted by Gasteiger charge is -2.22. The fourth-order valence-corrected chi connectivity index (χ4v) is 3.28. The van der Waals surface area contributed by atoms with E-state index in [1.54, 1.807) is 11.3 Å². The number of likely N-dealkylation sites (tertiary alicyclic amines) is 1. The van der Waals surface area contributed by atoms with Crippen LogP contribution in [0.1, 0.15) is 35.1 Å². The summed E-state index contributed by atoms with van der Waals surface area (Å²) >= 11 is 1.76. The van der Waals surface area contributed by atoms with E-state index in [1.165, 1.54) is 35.7 Å². The van der Waals surface area contributed by atoms with Crippen LogP contribution in [0.25, 0.3) is 0 Å². The molecule has 1 unspecified atom stereocenters. The molecule has 90 valence electrons. The first kappa shape index (κ1) is 10.9. The number of H-pyrrole nitrogens is 1. The molecule has 1 atom stereocenters. The van der Waals surface area contributed by atoms with E-state index in [0.717, 1.165) is 6.54 Å². The van der Waals surface area contributed by atoms with Crippen molar-refractivity contribution >= 4 is 11.3 Å². The molecule has 0 aliphatic carbocycles. The number of rotatable bonds is 3. The molecule has 0 saturated carbocycles. The summed E-state index contributed by atoms with van der Waals surface area (Å²) < 4.78 is 0. The number of aromatic nitrogens is 3. The summed E-state index contributed by atoms with van der Waals surface area (Å²) in [5.41, 5.74) is 4.35. The van der Waals surface area contributed by atoms with Crippen molar-refractivity contribution in [3.8, 4) is 0 Å². The molecule has 0 amide bonds.